The highest BCUT2D eigenvalue weighted by Crippen LogP contribution is 2.45. The molecule has 0 amide bonds. The summed E-state index contributed by atoms with van der Waals surface area (Å²) in [5, 5.41) is 0.129. The summed E-state index contributed by atoms with van der Waals surface area (Å²) in [4.78, 5) is 4.77. The number of hydrogen-bond acceptors (Lipinski definition) is 1. The first-order chi connectivity index (χ1) is 25.8. The van der Waals surface area contributed by atoms with Gasteiger partial charge in [-0.2, -0.15) is 0 Å². The van der Waals surface area contributed by atoms with Crippen molar-refractivity contribution < 1.29 is 17.8 Å². The van der Waals surface area contributed by atoms with Gasteiger partial charge in [0.15, 0.2) is 0 Å². The molecule has 41 heavy (non-hydrogen) atoms. The van der Waals surface area contributed by atoms with E-state index in [1.54, 1.807) is 83.4 Å². The van der Waals surface area contributed by atoms with Crippen LogP contribution in [-0.4, -0.2) is 9.55 Å². The van der Waals surface area contributed by atoms with Gasteiger partial charge < -0.3 is 0 Å². The summed E-state index contributed by atoms with van der Waals surface area (Å²) in [7, 11) is 0. The fourth-order valence-electron chi connectivity index (χ4n) is 5.47. The smallest absolute Gasteiger partial charge is 0.145 e. The number of imidazole rings is 1. The lowest BCUT2D eigenvalue weighted by molar-refractivity contribution is 1.10. The number of fused-ring (bicyclic) bond motifs is 3. The number of aromatic nitrogens is 2. The summed E-state index contributed by atoms with van der Waals surface area (Å²) in [6.07, 6.45) is 0. The van der Waals surface area contributed by atoms with Crippen molar-refractivity contribution in [2.45, 2.75) is 0 Å². The minimum Gasteiger partial charge on any atom is -0.292 e. The highest BCUT2D eigenvalue weighted by atomic mass is 15.1. The van der Waals surface area contributed by atoms with Crippen LogP contribution in [-0.2, 0) is 0 Å². The number of rotatable bonds is 4. The van der Waals surface area contributed by atoms with Crippen LogP contribution < -0.4 is 0 Å². The number of para-hydroxylation sites is 3. The predicted octanol–water partition coefficient (Wildman–Crippen LogP) is 10.3. The molecule has 0 bridgehead atoms. The molecule has 2 heteroatoms. The van der Waals surface area contributed by atoms with Crippen molar-refractivity contribution in [3.8, 4) is 39.3 Å². The van der Waals surface area contributed by atoms with E-state index in [1.165, 1.54) is 0 Å². The molecule has 1 aromatic heterocycles. The lowest BCUT2D eigenvalue weighted by Gasteiger charge is -2.20. The third-order valence-electron chi connectivity index (χ3n) is 7.14. The van der Waals surface area contributed by atoms with E-state index < -0.39 is 78.6 Å². The summed E-state index contributed by atoms with van der Waals surface area (Å²) in [5.41, 5.74) is 2.10. The van der Waals surface area contributed by atoms with Crippen molar-refractivity contribution in [3.05, 3.63) is 157 Å². The Morgan fingerprint density at radius 2 is 1.05 bits per heavy atom. The summed E-state index contributed by atoms with van der Waals surface area (Å²) in [6.45, 7) is 0. The van der Waals surface area contributed by atoms with Gasteiger partial charge in [-0.25, -0.2) is 4.98 Å². The van der Waals surface area contributed by atoms with Gasteiger partial charge >= 0.3 is 0 Å². The molecule has 8 rings (SSSR count). The Balaban J connectivity index is 1.65. The topological polar surface area (TPSA) is 17.8 Å². The van der Waals surface area contributed by atoms with Crippen molar-refractivity contribution in [2.75, 3.05) is 0 Å². The molecule has 8 aromatic rings. The maximum Gasteiger partial charge on any atom is 0.145 e. The first-order valence-electron chi connectivity index (χ1n) is 19.4. The molecule has 7 aromatic carbocycles. The van der Waals surface area contributed by atoms with Crippen LogP contribution in [0.1, 0.15) is 17.8 Å². The van der Waals surface area contributed by atoms with Gasteiger partial charge in [0.2, 0.25) is 0 Å². The lowest BCUT2D eigenvalue weighted by Crippen LogP contribution is -2.01. The third kappa shape index (κ3) is 3.76. The maximum atomic E-state index is 9.34. The molecular formula is C39H26N2. The van der Waals surface area contributed by atoms with E-state index in [0.717, 1.165) is 0 Å². The summed E-state index contributed by atoms with van der Waals surface area (Å²) in [5.74, 6) is -0.000952. The van der Waals surface area contributed by atoms with Crippen LogP contribution in [0.4, 0.5) is 0 Å². The Bertz CT molecular complexity index is 2810. The molecular weight excluding hydrogens is 496 g/mol. The first-order valence-corrected chi connectivity index (χ1v) is 12.9. The van der Waals surface area contributed by atoms with Crippen LogP contribution >= 0.6 is 0 Å². The third-order valence-corrected chi connectivity index (χ3v) is 7.14. The van der Waals surface area contributed by atoms with Gasteiger partial charge in [-0.3, -0.25) is 4.57 Å². The van der Waals surface area contributed by atoms with Crippen molar-refractivity contribution in [2.24, 2.45) is 0 Å². The Morgan fingerprint density at radius 3 is 1.76 bits per heavy atom. The molecule has 0 atom stereocenters. The first kappa shape index (κ1) is 13.7. The normalized spacial score (nSPS) is 15.9. The molecule has 0 fully saturated rings. The van der Waals surface area contributed by atoms with Gasteiger partial charge in [-0.15, -0.1) is 0 Å². The second-order valence-electron chi connectivity index (χ2n) is 9.39. The zero-order valence-electron chi connectivity index (χ0n) is 34.4. The van der Waals surface area contributed by atoms with Gasteiger partial charge in [0, 0.05) is 11.1 Å². The molecule has 192 valence electrons. The van der Waals surface area contributed by atoms with Crippen molar-refractivity contribution in [3.63, 3.8) is 0 Å². The second-order valence-corrected chi connectivity index (χ2v) is 9.39. The largest absolute Gasteiger partial charge is 0.292 e. The minimum absolute atomic E-state index is 0.000952. The quantitative estimate of drug-likeness (QED) is 0.205. The SMILES string of the molecule is [2H]c1c([2H])c([2H])c(-c2nc3ccccc3n2-c2ccccc2-c2c3c([2H])c([2H])c([2H])c([2H])c3c(-c3ccccc3)c3c([2H])c([2H])c([2H])c([2H])c23)c([2H])c1[2H]. The van der Waals surface area contributed by atoms with E-state index >= 15 is 0 Å². The van der Waals surface area contributed by atoms with E-state index in [-0.39, 0.29) is 49.6 Å². The molecule has 0 aliphatic heterocycles. The standard InChI is InChI=1S/C39H26N2/c1-3-15-27(16-4-1)37-29-19-7-9-21-31(29)38(32-22-10-8-20-30(32)37)33-23-11-13-25-35(33)41-36-26-14-12-24-34(36)40-39(41)28-17-5-2-6-18-28/h1-26H/i2D,5D,6D,7D,8D,9D,10D,17D,18D,19D,20D,21D,22D. The zero-order chi connectivity index (χ0) is 38.5. The second kappa shape index (κ2) is 9.62. The number of hydrogen-bond donors (Lipinski definition) is 0. The number of nitrogens with zero attached hydrogens (tertiary/aromatic N) is 2. The van der Waals surface area contributed by atoms with Crippen LogP contribution in [0.25, 0.3) is 71.9 Å². The van der Waals surface area contributed by atoms with Crippen molar-refractivity contribution in [1.29, 1.82) is 0 Å². The van der Waals surface area contributed by atoms with Gasteiger partial charge in [0.25, 0.3) is 0 Å². The van der Waals surface area contributed by atoms with Crippen LogP contribution in [0.15, 0.2) is 157 Å². The average molecular weight is 536 g/mol. The van der Waals surface area contributed by atoms with Gasteiger partial charge in [-0.05, 0) is 56.4 Å². The molecule has 0 N–H and O–H groups in total. The van der Waals surface area contributed by atoms with E-state index in [0.29, 0.717) is 22.3 Å². The fourth-order valence-corrected chi connectivity index (χ4v) is 5.47. The maximum absolute atomic E-state index is 9.34. The van der Waals surface area contributed by atoms with E-state index in [4.69, 9.17) is 17.3 Å². The predicted molar refractivity (Wildman–Crippen MR) is 172 cm³/mol. The molecule has 0 saturated heterocycles. The molecule has 0 spiro atoms. The molecule has 0 unspecified atom stereocenters. The molecule has 0 saturated carbocycles. The van der Waals surface area contributed by atoms with Crippen LogP contribution in [0.3, 0.4) is 0 Å². The minimum atomic E-state index is -0.573. The zero-order valence-corrected chi connectivity index (χ0v) is 21.4. The highest BCUT2D eigenvalue weighted by molar-refractivity contribution is 6.22. The fraction of sp³-hybridized carbons (Fsp3) is 0. The van der Waals surface area contributed by atoms with Crippen LogP contribution in [0, 0.1) is 0 Å². The molecule has 0 aliphatic carbocycles. The molecule has 0 radical (unpaired) electrons. The average Bonchev–Trinajstić information content (AvgIpc) is 3.57. The Labute approximate surface area is 257 Å². The van der Waals surface area contributed by atoms with Gasteiger partial charge in [0.05, 0.1) is 34.5 Å². The van der Waals surface area contributed by atoms with Crippen LogP contribution in [0.5, 0.6) is 0 Å². The lowest BCUT2D eigenvalue weighted by atomic mass is 9.85. The van der Waals surface area contributed by atoms with E-state index in [9.17, 15) is 5.48 Å². The molecule has 1 heterocycles. The summed E-state index contributed by atoms with van der Waals surface area (Å²) >= 11 is 0. The Hall–Kier alpha value is -5.47. The Kier molecular flexibility index (Phi) is 3.22. The van der Waals surface area contributed by atoms with Gasteiger partial charge in [-0.1, -0.05) is 139 Å². The summed E-state index contributed by atoms with van der Waals surface area (Å²) in [6, 6.07) is 15.9. The Morgan fingerprint density at radius 1 is 0.488 bits per heavy atom. The monoisotopic (exact) mass is 535 g/mol. The van der Waals surface area contributed by atoms with Crippen LogP contribution in [0.2, 0.25) is 0 Å². The van der Waals surface area contributed by atoms with E-state index in [1.807, 2.05) is 0 Å². The molecule has 2 nitrogen and oxygen atoms in total. The van der Waals surface area contributed by atoms with Crippen molar-refractivity contribution in [1.82, 2.24) is 9.55 Å². The van der Waals surface area contributed by atoms with Crippen molar-refractivity contribution >= 4 is 32.6 Å². The molecule has 0 aliphatic rings. The van der Waals surface area contributed by atoms with E-state index in [2.05, 4.69) is 0 Å². The highest BCUT2D eigenvalue weighted by Gasteiger charge is 2.21. The van der Waals surface area contributed by atoms with Gasteiger partial charge in [0.1, 0.15) is 5.82 Å². The number of benzene rings is 7. The summed E-state index contributed by atoms with van der Waals surface area (Å²) < 4.78 is 116.